The number of hydrogen-bond donors (Lipinski definition) is 1. The monoisotopic (exact) mass is 198 g/mol. The van der Waals surface area contributed by atoms with Crippen molar-refractivity contribution in [2.24, 2.45) is 4.99 Å². The van der Waals surface area contributed by atoms with E-state index in [0.29, 0.717) is 0 Å². The first-order chi connectivity index (χ1) is 6.15. The van der Waals surface area contributed by atoms with Crippen LogP contribution in [0.15, 0.2) is 4.99 Å². The second-order valence-electron chi connectivity index (χ2n) is 3.84. The summed E-state index contributed by atoms with van der Waals surface area (Å²) in [6.07, 6.45) is 3.74. The molecule has 0 aliphatic carbocycles. The quantitative estimate of drug-likeness (QED) is 0.599. The highest BCUT2D eigenvalue weighted by Gasteiger charge is 2.49. The van der Waals surface area contributed by atoms with E-state index in [1.165, 1.54) is 25.0 Å². The van der Waals surface area contributed by atoms with Crippen LogP contribution in [0.2, 0.25) is 0 Å². The summed E-state index contributed by atoms with van der Waals surface area (Å²) in [6.45, 7) is 4.48. The lowest BCUT2D eigenvalue weighted by Crippen LogP contribution is -2.43. The molecule has 2 heterocycles. The first-order valence-electron chi connectivity index (χ1n) is 4.71. The van der Waals surface area contributed by atoms with E-state index in [1.807, 2.05) is 18.8 Å². The molecule has 1 fully saturated rings. The van der Waals surface area contributed by atoms with Gasteiger partial charge in [-0.15, -0.1) is 10.1 Å². The van der Waals surface area contributed by atoms with E-state index >= 15 is 0 Å². The third-order valence-electron chi connectivity index (χ3n) is 2.76. The number of aliphatic imine (C=N–C) groups is 1. The summed E-state index contributed by atoms with van der Waals surface area (Å²) in [5.74, 6) is 0. The molecule has 72 valence electrons. The van der Waals surface area contributed by atoms with Gasteiger partial charge in [0.2, 0.25) is 10.0 Å². The maximum Gasteiger partial charge on any atom is 0.241 e. The van der Waals surface area contributed by atoms with Gasteiger partial charge in [-0.3, -0.25) is 4.99 Å². The number of nitrogens with one attached hydrogen (secondary N) is 1. The minimum atomic E-state index is 0.206. The average Bonchev–Trinajstić information content (AvgIpc) is 2.43. The molecular formula is C9H16N3S+. The van der Waals surface area contributed by atoms with Crippen molar-refractivity contribution in [3.8, 4) is 0 Å². The molecule has 0 aromatic rings. The second-order valence-corrected chi connectivity index (χ2v) is 5.31. The summed E-state index contributed by atoms with van der Waals surface area (Å²) in [5.41, 5.74) is 4.77. The molecule has 0 amide bonds. The average molecular weight is 198 g/mol. The van der Waals surface area contributed by atoms with Crippen molar-refractivity contribution in [1.82, 2.24) is 5.43 Å². The molecule has 0 saturated carbocycles. The molecule has 4 heteroatoms. The zero-order valence-electron chi connectivity index (χ0n) is 8.42. The summed E-state index contributed by atoms with van der Waals surface area (Å²) in [4.78, 5) is 4.41. The van der Waals surface area contributed by atoms with Gasteiger partial charge in [-0.2, -0.15) is 0 Å². The molecule has 1 atom stereocenters. The van der Waals surface area contributed by atoms with E-state index < -0.39 is 0 Å². The number of fused-ring (bicyclic) bond motifs is 1. The summed E-state index contributed by atoms with van der Waals surface area (Å²) in [5, 5.41) is 1.05. The Hall–Kier alpha value is -0.510. The molecule has 2 rings (SSSR count). The highest BCUT2D eigenvalue weighted by Crippen LogP contribution is 2.38. The van der Waals surface area contributed by atoms with Gasteiger partial charge in [0.25, 0.3) is 0 Å². The van der Waals surface area contributed by atoms with Crippen molar-refractivity contribution >= 4 is 22.6 Å². The van der Waals surface area contributed by atoms with Crippen LogP contribution in [0, 0.1) is 0 Å². The Kier molecular flexibility index (Phi) is 2.10. The first kappa shape index (κ1) is 9.06. The molecule has 0 spiro atoms. The Bertz CT molecular complexity index is 295. The zero-order valence-corrected chi connectivity index (χ0v) is 9.24. The van der Waals surface area contributed by atoms with Crippen LogP contribution < -0.4 is 5.43 Å². The molecule has 13 heavy (non-hydrogen) atoms. The van der Waals surface area contributed by atoms with Gasteiger partial charge >= 0.3 is 0 Å². The van der Waals surface area contributed by atoms with E-state index in [9.17, 15) is 0 Å². The van der Waals surface area contributed by atoms with E-state index in [4.69, 9.17) is 0 Å². The number of hydrogen-bond acceptors (Lipinski definition) is 2. The van der Waals surface area contributed by atoms with Gasteiger partial charge < -0.3 is 0 Å². The van der Waals surface area contributed by atoms with Crippen LogP contribution in [0.3, 0.4) is 0 Å². The third-order valence-corrected chi connectivity index (χ3v) is 4.05. The third kappa shape index (κ3) is 1.37. The smallest absolute Gasteiger partial charge is 0.241 e. The van der Waals surface area contributed by atoms with Crippen LogP contribution in [0.5, 0.6) is 0 Å². The Labute approximate surface area is 83.3 Å². The van der Waals surface area contributed by atoms with Crippen LogP contribution in [-0.2, 0) is 0 Å². The van der Waals surface area contributed by atoms with Crippen molar-refractivity contribution in [2.45, 2.75) is 38.0 Å². The van der Waals surface area contributed by atoms with Crippen molar-refractivity contribution in [2.75, 3.05) is 7.05 Å². The molecule has 1 N–H and O–H groups in total. The molecule has 0 aromatic heterocycles. The van der Waals surface area contributed by atoms with Gasteiger partial charge in [-0.05, 0) is 18.2 Å². The number of amidine groups is 1. The Morgan fingerprint density at radius 3 is 3.00 bits per heavy atom. The summed E-state index contributed by atoms with van der Waals surface area (Å²) in [7, 11) is 1.84. The normalized spacial score (nSPS) is 36.4. The standard InChI is InChI=1S/C9H16N3S/c1-7-5-4-6-9(2)12(7)11-8(10-3)13-9/h4-6H2,1-3H3,(H,10,11)/q+1. The topological polar surface area (TPSA) is 27.4 Å². The first-order valence-corrected chi connectivity index (χ1v) is 5.52. The Balaban J connectivity index is 2.39. The SMILES string of the molecule is CN=C1N[N+]2=C(C)CCCC2(C)S1. The maximum absolute atomic E-state index is 4.20. The molecule has 1 saturated heterocycles. The minimum absolute atomic E-state index is 0.206. The van der Waals surface area contributed by atoms with Gasteiger partial charge in [0, 0.05) is 33.7 Å². The van der Waals surface area contributed by atoms with Gasteiger partial charge in [0.1, 0.15) is 0 Å². The van der Waals surface area contributed by atoms with Gasteiger partial charge in [-0.25, -0.2) is 0 Å². The second kappa shape index (κ2) is 3.01. The molecule has 1 unspecified atom stereocenters. The predicted molar refractivity (Wildman–Crippen MR) is 57.3 cm³/mol. The van der Waals surface area contributed by atoms with E-state index in [2.05, 4.69) is 29.0 Å². The van der Waals surface area contributed by atoms with Crippen LogP contribution in [0.4, 0.5) is 0 Å². The molecule has 2 aliphatic rings. The molecular weight excluding hydrogens is 182 g/mol. The lowest BCUT2D eigenvalue weighted by Gasteiger charge is -2.21. The Morgan fingerprint density at radius 2 is 2.38 bits per heavy atom. The minimum Gasteiger partial charge on any atom is -0.261 e. The molecule has 2 aliphatic heterocycles. The van der Waals surface area contributed by atoms with Crippen molar-refractivity contribution in [3.63, 3.8) is 0 Å². The fraction of sp³-hybridized carbons (Fsp3) is 0.778. The zero-order chi connectivity index (χ0) is 9.47. The summed E-state index contributed by atoms with van der Waals surface area (Å²) < 4.78 is 2.28. The number of hydrazone groups is 1. The van der Waals surface area contributed by atoms with Crippen LogP contribution in [-0.4, -0.2) is 27.5 Å². The highest BCUT2D eigenvalue weighted by molar-refractivity contribution is 8.15. The Morgan fingerprint density at radius 1 is 1.62 bits per heavy atom. The van der Waals surface area contributed by atoms with E-state index in [-0.39, 0.29) is 4.87 Å². The molecule has 0 aromatic carbocycles. The maximum atomic E-state index is 4.20. The van der Waals surface area contributed by atoms with Crippen molar-refractivity contribution < 1.29 is 4.68 Å². The van der Waals surface area contributed by atoms with Gasteiger partial charge in [0.15, 0.2) is 5.71 Å². The molecule has 0 bridgehead atoms. The number of thioether (sulfide) groups is 1. The van der Waals surface area contributed by atoms with Crippen molar-refractivity contribution in [1.29, 1.82) is 0 Å². The highest BCUT2D eigenvalue weighted by atomic mass is 32.2. The number of rotatable bonds is 0. The van der Waals surface area contributed by atoms with E-state index in [0.717, 1.165) is 5.17 Å². The van der Waals surface area contributed by atoms with Crippen LogP contribution in [0.1, 0.15) is 33.1 Å². The summed E-state index contributed by atoms with van der Waals surface area (Å²) in [6, 6.07) is 0. The lowest BCUT2D eigenvalue weighted by atomic mass is 10.0. The van der Waals surface area contributed by atoms with Crippen molar-refractivity contribution in [3.05, 3.63) is 0 Å². The molecule has 0 radical (unpaired) electrons. The van der Waals surface area contributed by atoms with Gasteiger partial charge in [-0.1, -0.05) is 0 Å². The number of hydrazine groups is 1. The summed E-state index contributed by atoms with van der Waals surface area (Å²) >= 11 is 1.84. The van der Waals surface area contributed by atoms with Gasteiger partial charge in [0.05, 0.1) is 0 Å². The fourth-order valence-electron chi connectivity index (χ4n) is 2.03. The predicted octanol–water partition coefficient (Wildman–Crippen LogP) is 1.60. The van der Waals surface area contributed by atoms with E-state index in [1.54, 1.807) is 0 Å². The fourth-order valence-corrected chi connectivity index (χ4v) is 3.22. The van der Waals surface area contributed by atoms with Crippen LogP contribution >= 0.6 is 11.8 Å². The lowest BCUT2D eigenvalue weighted by molar-refractivity contribution is -0.616. The molecule has 3 nitrogen and oxygen atoms in total. The largest absolute Gasteiger partial charge is 0.261 e. The van der Waals surface area contributed by atoms with Crippen LogP contribution in [0.25, 0.3) is 0 Å². The number of nitrogens with zero attached hydrogens (tertiary/aromatic N) is 2.